The Bertz CT molecular complexity index is 619. The van der Waals surface area contributed by atoms with Gasteiger partial charge in [0.2, 0.25) is 0 Å². The molecule has 0 radical (unpaired) electrons. The molecule has 7 heteroatoms. The number of carbonyl (C=O) groups excluding carboxylic acids is 1. The predicted octanol–water partition coefficient (Wildman–Crippen LogP) is 2.30. The first-order chi connectivity index (χ1) is 10.5. The lowest BCUT2D eigenvalue weighted by Crippen LogP contribution is -2.43. The van der Waals surface area contributed by atoms with Crippen molar-refractivity contribution in [1.29, 1.82) is 0 Å². The standard InChI is InChI=1S/C16H27N3O3S/c1-6-12(2)17-11-15(20)13-7-9-14(10-8-13)18-23(21,22)19-16(3,4)5/h7-10,12,17-19H,6,11H2,1-5H3. The molecular weight excluding hydrogens is 314 g/mol. The molecule has 0 aromatic heterocycles. The third-order valence-corrected chi connectivity index (χ3v) is 4.51. The predicted molar refractivity (Wildman–Crippen MR) is 94.0 cm³/mol. The fourth-order valence-electron chi connectivity index (χ4n) is 1.82. The number of rotatable bonds is 8. The molecule has 0 heterocycles. The second-order valence-corrected chi connectivity index (χ2v) is 8.06. The molecule has 0 aliphatic heterocycles. The summed E-state index contributed by atoms with van der Waals surface area (Å²) in [4.78, 5) is 12.0. The number of benzene rings is 1. The summed E-state index contributed by atoms with van der Waals surface area (Å²) < 4.78 is 28.8. The molecule has 6 nitrogen and oxygen atoms in total. The maximum absolute atomic E-state index is 12.0. The van der Waals surface area contributed by atoms with Crippen LogP contribution in [0.3, 0.4) is 0 Å². The van der Waals surface area contributed by atoms with E-state index >= 15 is 0 Å². The maximum Gasteiger partial charge on any atom is 0.299 e. The molecule has 0 saturated heterocycles. The van der Waals surface area contributed by atoms with Crippen LogP contribution in [0.2, 0.25) is 0 Å². The lowest BCUT2D eigenvalue weighted by atomic mass is 10.1. The van der Waals surface area contributed by atoms with Crippen LogP contribution in [0.25, 0.3) is 0 Å². The van der Waals surface area contributed by atoms with Gasteiger partial charge in [0, 0.05) is 22.8 Å². The van der Waals surface area contributed by atoms with Gasteiger partial charge >= 0.3 is 0 Å². The van der Waals surface area contributed by atoms with Gasteiger partial charge in [0.15, 0.2) is 5.78 Å². The minimum absolute atomic E-state index is 0.0208. The summed E-state index contributed by atoms with van der Waals surface area (Å²) >= 11 is 0. The van der Waals surface area contributed by atoms with Crippen LogP contribution >= 0.6 is 0 Å². The Morgan fingerprint density at radius 3 is 2.22 bits per heavy atom. The molecule has 0 aliphatic carbocycles. The van der Waals surface area contributed by atoms with Gasteiger partial charge in [0.1, 0.15) is 0 Å². The van der Waals surface area contributed by atoms with Gasteiger partial charge in [-0.2, -0.15) is 13.1 Å². The summed E-state index contributed by atoms with van der Waals surface area (Å²) in [6, 6.07) is 6.69. The number of anilines is 1. The SMILES string of the molecule is CCC(C)NCC(=O)c1ccc(NS(=O)(=O)NC(C)(C)C)cc1. The van der Waals surface area contributed by atoms with Crippen molar-refractivity contribution in [1.82, 2.24) is 10.0 Å². The van der Waals surface area contributed by atoms with E-state index in [9.17, 15) is 13.2 Å². The Morgan fingerprint density at radius 1 is 1.17 bits per heavy atom. The number of Topliss-reactive ketones (excluding diaryl/α,β-unsaturated/α-hetero) is 1. The Morgan fingerprint density at radius 2 is 1.74 bits per heavy atom. The van der Waals surface area contributed by atoms with E-state index in [4.69, 9.17) is 0 Å². The van der Waals surface area contributed by atoms with Crippen molar-refractivity contribution in [3.8, 4) is 0 Å². The highest BCUT2D eigenvalue weighted by molar-refractivity contribution is 7.90. The van der Waals surface area contributed by atoms with Crippen LogP contribution in [0.4, 0.5) is 5.69 Å². The van der Waals surface area contributed by atoms with Crippen molar-refractivity contribution < 1.29 is 13.2 Å². The quantitative estimate of drug-likeness (QED) is 0.633. The van der Waals surface area contributed by atoms with Crippen molar-refractivity contribution in [3.05, 3.63) is 29.8 Å². The molecule has 1 atom stereocenters. The first kappa shape index (κ1) is 19.6. The average Bonchev–Trinajstić information content (AvgIpc) is 2.42. The largest absolute Gasteiger partial charge is 0.307 e. The summed E-state index contributed by atoms with van der Waals surface area (Å²) in [6.07, 6.45) is 0.953. The van der Waals surface area contributed by atoms with Crippen LogP contribution in [-0.4, -0.2) is 32.3 Å². The van der Waals surface area contributed by atoms with Gasteiger partial charge in [-0.15, -0.1) is 0 Å². The van der Waals surface area contributed by atoms with Crippen molar-refractivity contribution in [3.63, 3.8) is 0 Å². The Kier molecular flexibility index (Phi) is 6.73. The fourth-order valence-corrected chi connectivity index (χ4v) is 3.12. The van der Waals surface area contributed by atoms with Crippen LogP contribution in [0.1, 0.15) is 51.4 Å². The van der Waals surface area contributed by atoms with E-state index in [1.54, 1.807) is 45.0 Å². The van der Waals surface area contributed by atoms with Gasteiger partial charge in [-0.3, -0.25) is 9.52 Å². The zero-order valence-electron chi connectivity index (χ0n) is 14.4. The minimum Gasteiger partial charge on any atom is -0.307 e. The molecule has 3 N–H and O–H groups in total. The second kappa shape index (κ2) is 7.90. The Balaban J connectivity index is 2.68. The highest BCUT2D eigenvalue weighted by Crippen LogP contribution is 2.12. The van der Waals surface area contributed by atoms with E-state index in [1.807, 2.05) is 6.92 Å². The van der Waals surface area contributed by atoms with Crippen molar-refractivity contribution >= 4 is 21.7 Å². The lowest BCUT2D eigenvalue weighted by molar-refractivity contribution is 0.0987. The topological polar surface area (TPSA) is 87.3 Å². The molecule has 0 aliphatic rings. The average molecular weight is 341 g/mol. The van der Waals surface area contributed by atoms with Gasteiger partial charge < -0.3 is 5.32 Å². The summed E-state index contributed by atoms with van der Waals surface area (Å²) in [5, 5.41) is 3.14. The number of nitrogens with one attached hydrogen (secondary N) is 3. The van der Waals surface area contributed by atoms with Gasteiger partial charge in [-0.1, -0.05) is 6.92 Å². The van der Waals surface area contributed by atoms with Gasteiger partial charge in [0.05, 0.1) is 6.54 Å². The number of hydrogen-bond acceptors (Lipinski definition) is 4. The third kappa shape index (κ3) is 7.58. The molecule has 0 saturated carbocycles. The minimum atomic E-state index is -3.65. The molecular formula is C16H27N3O3S. The third-order valence-electron chi connectivity index (χ3n) is 3.12. The van der Waals surface area contributed by atoms with Gasteiger partial charge in [0.25, 0.3) is 10.2 Å². The number of ketones is 1. The molecule has 0 spiro atoms. The fraction of sp³-hybridized carbons (Fsp3) is 0.562. The highest BCUT2D eigenvalue weighted by atomic mass is 32.2. The van der Waals surface area contributed by atoms with Crippen LogP contribution in [0.5, 0.6) is 0 Å². The second-order valence-electron chi connectivity index (χ2n) is 6.65. The van der Waals surface area contributed by atoms with E-state index in [0.717, 1.165) is 6.42 Å². The molecule has 0 bridgehead atoms. The van der Waals surface area contributed by atoms with E-state index in [2.05, 4.69) is 21.7 Å². The monoisotopic (exact) mass is 341 g/mol. The number of hydrogen-bond donors (Lipinski definition) is 3. The van der Waals surface area contributed by atoms with E-state index < -0.39 is 15.7 Å². The molecule has 1 rings (SSSR count). The molecule has 0 amide bonds. The first-order valence-electron chi connectivity index (χ1n) is 7.71. The van der Waals surface area contributed by atoms with Crippen molar-refractivity contribution in [2.75, 3.05) is 11.3 Å². The van der Waals surface area contributed by atoms with Crippen LogP contribution in [-0.2, 0) is 10.2 Å². The summed E-state index contributed by atoms with van der Waals surface area (Å²) in [6.45, 7) is 9.63. The molecule has 23 heavy (non-hydrogen) atoms. The summed E-state index contributed by atoms with van der Waals surface area (Å²) in [5.41, 5.74) is 0.393. The van der Waals surface area contributed by atoms with Crippen LogP contribution in [0, 0.1) is 0 Å². The highest BCUT2D eigenvalue weighted by Gasteiger charge is 2.19. The van der Waals surface area contributed by atoms with E-state index in [0.29, 0.717) is 11.3 Å². The van der Waals surface area contributed by atoms with Gasteiger partial charge in [-0.25, -0.2) is 0 Å². The van der Waals surface area contributed by atoms with Crippen LogP contribution < -0.4 is 14.8 Å². The van der Waals surface area contributed by atoms with E-state index in [-0.39, 0.29) is 18.4 Å². The zero-order valence-corrected chi connectivity index (χ0v) is 15.3. The Hall–Kier alpha value is -1.44. The van der Waals surface area contributed by atoms with Gasteiger partial charge in [-0.05, 0) is 58.4 Å². The van der Waals surface area contributed by atoms with Crippen molar-refractivity contribution in [2.45, 2.75) is 52.6 Å². The summed E-state index contributed by atoms with van der Waals surface area (Å²) in [7, 11) is -3.65. The summed E-state index contributed by atoms with van der Waals surface area (Å²) in [5.74, 6) is -0.0208. The first-order valence-corrected chi connectivity index (χ1v) is 9.19. The normalized spacial score (nSPS) is 13.6. The smallest absolute Gasteiger partial charge is 0.299 e. The van der Waals surface area contributed by atoms with E-state index in [1.165, 1.54) is 0 Å². The van der Waals surface area contributed by atoms with Crippen LogP contribution in [0.15, 0.2) is 24.3 Å². The number of carbonyl (C=O) groups is 1. The molecule has 1 aromatic rings. The maximum atomic E-state index is 12.0. The zero-order chi connectivity index (χ0) is 17.7. The molecule has 130 valence electrons. The lowest BCUT2D eigenvalue weighted by Gasteiger charge is -2.20. The molecule has 0 fully saturated rings. The molecule has 1 aromatic carbocycles. The molecule has 1 unspecified atom stereocenters. The van der Waals surface area contributed by atoms with Crippen molar-refractivity contribution in [2.24, 2.45) is 0 Å². The Labute approximate surface area is 139 Å².